The van der Waals surface area contributed by atoms with Gasteiger partial charge in [-0.15, -0.1) is 0 Å². The number of halogens is 1. The lowest BCUT2D eigenvalue weighted by atomic mass is 10.1. The summed E-state index contributed by atoms with van der Waals surface area (Å²) < 4.78 is 43.3. The normalized spacial score (nSPS) is 14.1. The van der Waals surface area contributed by atoms with Crippen LogP contribution in [0.4, 0.5) is 0 Å². The number of fused-ring (bicyclic) bond motifs is 1. The second-order valence-corrected chi connectivity index (χ2v) is 9.74. The highest BCUT2D eigenvalue weighted by Crippen LogP contribution is 2.32. The lowest BCUT2D eigenvalue weighted by Crippen LogP contribution is -2.40. The molecule has 2 aromatic rings. The van der Waals surface area contributed by atoms with Gasteiger partial charge in [0.2, 0.25) is 10.0 Å². The summed E-state index contributed by atoms with van der Waals surface area (Å²) in [4.78, 5) is 12.4. The van der Waals surface area contributed by atoms with Crippen LogP contribution in [-0.4, -0.2) is 26.7 Å². The zero-order chi connectivity index (χ0) is 21.2. The van der Waals surface area contributed by atoms with Crippen LogP contribution >= 0.6 is 11.6 Å². The highest BCUT2D eigenvalue weighted by molar-refractivity contribution is 7.89. The van der Waals surface area contributed by atoms with E-state index in [2.05, 4.69) is 4.72 Å². The molecule has 0 aromatic heterocycles. The van der Waals surface area contributed by atoms with Crippen molar-refractivity contribution in [3.8, 4) is 5.75 Å². The molecule has 0 fully saturated rings. The van der Waals surface area contributed by atoms with E-state index in [9.17, 15) is 13.2 Å². The summed E-state index contributed by atoms with van der Waals surface area (Å²) >= 11 is 6.11. The standard InChI is InChI=1S/C20H22ClNO6S/c1-20(2,3)22-29(24,25)17-6-4-13(5-7-17)19(23)27-11-15-9-16(21)8-14-10-26-12-28-18(14)15/h4-9,22H,10-12H2,1-3H3. The summed E-state index contributed by atoms with van der Waals surface area (Å²) in [5.74, 6) is 0.0154. The van der Waals surface area contributed by atoms with Crippen molar-refractivity contribution < 1.29 is 27.4 Å². The summed E-state index contributed by atoms with van der Waals surface area (Å²) in [6.45, 7) is 5.71. The van der Waals surface area contributed by atoms with Gasteiger partial charge in [-0.3, -0.25) is 0 Å². The maximum atomic E-state index is 12.4. The SMILES string of the molecule is CC(C)(C)NS(=O)(=O)c1ccc(C(=O)OCc2cc(Cl)cc3c2OCOC3)cc1. The Labute approximate surface area is 175 Å². The lowest BCUT2D eigenvalue weighted by Gasteiger charge is -2.21. The first-order valence-corrected chi connectivity index (χ1v) is 10.7. The summed E-state index contributed by atoms with van der Waals surface area (Å²) in [5.41, 5.74) is 1.05. The van der Waals surface area contributed by atoms with Crippen LogP contribution in [0.2, 0.25) is 5.02 Å². The zero-order valence-electron chi connectivity index (χ0n) is 16.3. The molecule has 1 heterocycles. The summed E-state index contributed by atoms with van der Waals surface area (Å²) in [6, 6.07) is 8.98. The Balaban J connectivity index is 1.70. The quantitative estimate of drug-likeness (QED) is 0.715. The first kappa shape index (κ1) is 21.6. The molecule has 0 aliphatic carbocycles. The van der Waals surface area contributed by atoms with Crippen molar-refractivity contribution in [2.75, 3.05) is 6.79 Å². The van der Waals surface area contributed by atoms with Crippen molar-refractivity contribution >= 4 is 27.6 Å². The minimum atomic E-state index is -3.68. The van der Waals surface area contributed by atoms with Gasteiger partial charge in [-0.25, -0.2) is 17.9 Å². The minimum absolute atomic E-state index is 0.0344. The fourth-order valence-corrected chi connectivity index (χ4v) is 4.50. The van der Waals surface area contributed by atoms with Crippen molar-refractivity contribution in [1.29, 1.82) is 0 Å². The molecule has 0 radical (unpaired) electrons. The van der Waals surface area contributed by atoms with Gasteiger partial charge in [0.15, 0.2) is 6.79 Å². The van der Waals surface area contributed by atoms with E-state index in [1.165, 1.54) is 24.3 Å². The van der Waals surface area contributed by atoms with E-state index in [1.807, 2.05) is 0 Å². The average molecular weight is 440 g/mol. The maximum Gasteiger partial charge on any atom is 0.338 e. The van der Waals surface area contributed by atoms with Crippen LogP contribution in [0.25, 0.3) is 0 Å². The van der Waals surface area contributed by atoms with E-state index in [1.54, 1.807) is 32.9 Å². The highest BCUT2D eigenvalue weighted by Gasteiger charge is 2.22. The Kier molecular flexibility index (Phi) is 6.19. The molecule has 156 valence electrons. The Morgan fingerprint density at radius 2 is 1.90 bits per heavy atom. The molecule has 1 N–H and O–H groups in total. The van der Waals surface area contributed by atoms with Gasteiger partial charge >= 0.3 is 5.97 Å². The number of carbonyl (C=O) groups excluding carboxylic acids is 1. The van der Waals surface area contributed by atoms with E-state index >= 15 is 0 Å². The second kappa shape index (κ2) is 8.31. The summed E-state index contributed by atoms with van der Waals surface area (Å²) in [6.07, 6.45) is 0. The minimum Gasteiger partial charge on any atom is -0.467 e. The van der Waals surface area contributed by atoms with Crippen molar-refractivity contribution in [2.24, 2.45) is 0 Å². The lowest BCUT2D eigenvalue weighted by molar-refractivity contribution is -0.0180. The van der Waals surface area contributed by atoms with Crippen molar-refractivity contribution in [1.82, 2.24) is 4.72 Å². The molecule has 0 spiro atoms. The first-order valence-electron chi connectivity index (χ1n) is 8.88. The third-order valence-electron chi connectivity index (χ3n) is 3.95. The van der Waals surface area contributed by atoms with Crippen LogP contribution in [0.1, 0.15) is 42.3 Å². The first-order chi connectivity index (χ1) is 13.5. The maximum absolute atomic E-state index is 12.4. The molecule has 3 rings (SSSR count). The third kappa shape index (κ3) is 5.48. The number of sulfonamides is 1. The van der Waals surface area contributed by atoms with Crippen LogP contribution in [0.5, 0.6) is 5.75 Å². The molecular formula is C20H22ClNO6S. The summed E-state index contributed by atoms with van der Waals surface area (Å²) in [5, 5.41) is 0.491. The molecule has 7 nitrogen and oxygen atoms in total. The third-order valence-corrected chi connectivity index (χ3v) is 5.94. The summed E-state index contributed by atoms with van der Waals surface area (Å²) in [7, 11) is -3.68. The number of carbonyl (C=O) groups is 1. The number of benzene rings is 2. The molecule has 0 unspecified atom stereocenters. The monoisotopic (exact) mass is 439 g/mol. The second-order valence-electron chi connectivity index (χ2n) is 7.62. The van der Waals surface area contributed by atoms with Crippen molar-refractivity contribution in [2.45, 2.75) is 44.4 Å². The van der Waals surface area contributed by atoms with E-state index in [-0.39, 0.29) is 23.9 Å². The van der Waals surface area contributed by atoms with Crippen LogP contribution in [0.15, 0.2) is 41.3 Å². The fraction of sp³-hybridized carbons (Fsp3) is 0.350. The van der Waals surface area contributed by atoms with Gasteiger partial charge < -0.3 is 14.2 Å². The van der Waals surface area contributed by atoms with E-state index in [0.29, 0.717) is 22.9 Å². The molecule has 0 saturated carbocycles. The van der Waals surface area contributed by atoms with E-state index < -0.39 is 21.5 Å². The Morgan fingerprint density at radius 1 is 1.21 bits per heavy atom. The van der Waals surface area contributed by atoms with Gasteiger partial charge in [-0.05, 0) is 57.2 Å². The van der Waals surface area contributed by atoms with Gasteiger partial charge in [0.1, 0.15) is 12.4 Å². The van der Waals surface area contributed by atoms with Gasteiger partial charge in [-0.2, -0.15) is 0 Å². The molecule has 1 aliphatic heterocycles. The smallest absolute Gasteiger partial charge is 0.338 e. The fourth-order valence-electron chi connectivity index (χ4n) is 2.82. The van der Waals surface area contributed by atoms with Crippen molar-refractivity contribution in [3.05, 3.63) is 58.1 Å². The molecule has 0 saturated heterocycles. The number of ether oxygens (including phenoxy) is 3. The topological polar surface area (TPSA) is 90.9 Å². The predicted octanol–water partition coefficient (Wildman–Crippen LogP) is 3.64. The van der Waals surface area contributed by atoms with Gasteiger partial charge in [0.05, 0.1) is 17.1 Å². The number of rotatable bonds is 5. The molecule has 29 heavy (non-hydrogen) atoms. The highest BCUT2D eigenvalue weighted by atomic mass is 35.5. The molecule has 0 bridgehead atoms. The Hall–Kier alpha value is -2.13. The van der Waals surface area contributed by atoms with Gasteiger partial charge in [0, 0.05) is 21.7 Å². The molecule has 2 aromatic carbocycles. The van der Waals surface area contributed by atoms with Crippen LogP contribution in [0, 0.1) is 0 Å². The number of esters is 1. The van der Waals surface area contributed by atoms with Crippen LogP contribution in [0.3, 0.4) is 0 Å². The number of hydrogen-bond acceptors (Lipinski definition) is 6. The molecular weight excluding hydrogens is 418 g/mol. The molecule has 9 heteroatoms. The molecule has 1 aliphatic rings. The zero-order valence-corrected chi connectivity index (χ0v) is 17.9. The Morgan fingerprint density at radius 3 is 2.55 bits per heavy atom. The van der Waals surface area contributed by atoms with E-state index in [0.717, 1.165) is 5.56 Å². The van der Waals surface area contributed by atoms with Crippen LogP contribution in [-0.2, 0) is 32.7 Å². The molecule has 0 amide bonds. The van der Waals surface area contributed by atoms with E-state index in [4.69, 9.17) is 25.8 Å². The molecule has 0 atom stereocenters. The number of nitrogens with one attached hydrogen (secondary N) is 1. The average Bonchev–Trinajstić information content (AvgIpc) is 2.64. The number of hydrogen-bond donors (Lipinski definition) is 1. The Bertz CT molecular complexity index is 1010. The predicted molar refractivity (Wildman–Crippen MR) is 107 cm³/mol. The van der Waals surface area contributed by atoms with Gasteiger partial charge in [-0.1, -0.05) is 11.6 Å². The largest absolute Gasteiger partial charge is 0.467 e. The van der Waals surface area contributed by atoms with Gasteiger partial charge in [0.25, 0.3) is 0 Å². The van der Waals surface area contributed by atoms with Crippen LogP contribution < -0.4 is 9.46 Å². The van der Waals surface area contributed by atoms with Crippen molar-refractivity contribution in [3.63, 3.8) is 0 Å².